The summed E-state index contributed by atoms with van der Waals surface area (Å²) in [6, 6.07) is 6.10. The van der Waals surface area contributed by atoms with E-state index in [2.05, 4.69) is 21.2 Å². The average Bonchev–Trinajstić information content (AvgIpc) is 3.15. The molecule has 6 nitrogen and oxygen atoms in total. The van der Waals surface area contributed by atoms with E-state index in [0.717, 1.165) is 28.3 Å². The molecule has 2 aromatic heterocycles. The molecule has 0 spiro atoms. The SMILES string of the molecule is Cc1ccc(C)c(OCc2nnc(SCc3cncn3C)o2)c1. The summed E-state index contributed by atoms with van der Waals surface area (Å²) in [5.74, 6) is 2.04. The third kappa shape index (κ3) is 3.92. The second-order valence-corrected chi connectivity index (χ2v) is 6.23. The Morgan fingerprint density at radius 3 is 2.91 bits per heavy atom. The maximum Gasteiger partial charge on any atom is 0.277 e. The zero-order valence-electron chi connectivity index (χ0n) is 13.3. The number of hydrogen-bond donors (Lipinski definition) is 0. The van der Waals surface area contributed by atoms with E-state index >= 15 is 0 Å². The van der Waals surface area contributed by atoms with Gasteiger partial charge in [-0.1, -0.05) is 23.9 Å². The summed E-state index contributed by atoms with van der Waals surface area (Å²) in [5.41, 5.74) is 3.34. The highest BCUT2D eigenvalue weighted by Gasteiger charge is 2.10. The van der Waals surface area contributed by atoms with Crippen LogP contribution < -0.4 is 4.74 Å². The van der Waals surface area contributed by atoms with E-state index in [9.17, 15) is 0 Å². The molecule has 0 N–H and O–H groups in total. The quantitative estimate of drug-likeness (QED) is 0.646. The number of benzene rings is 1. The molecule has 0 saturated heterocycles. The van der Waals surface area contributed by atoms with E-state index in [1.54, 1.807) is 6.33 Å². The summed E-state index contributed by atoms with van der Waals surface area (Å²) < 4.78 is 13.3. The number of ether oxygens (including phenoxy) is 1. The molecule has 0 bridgehead atoms. The largest absolute Gasteiger partial charge is 0.484 e. The van der Waals surface area contributed by atoms with Crippen LogP contribution >= 0.6 is 11.8 Å². The van der Waals surface area contributed by atoms with Crippen molar-refractivity contribution >= 4 is 11.8 Å². The Hall–Kier alpha value is -2.28. The predicted molar refractivity (Wildman–Crippen MR) is 87.3 cm³/mol. The molecular weight excluding hydrogens is 312 g/mol. The first-order valence-corrected chi connectivity index (χ1v) is 8.21. The first-order valence-electron chi connectivity index (χ1n) is 7.22. The van der Waals surface area contributed by atoms with Crippen LogP contribution in [0.5, 0.6) is 5.75 Å². The van der Waals surface area contributed by atoms with Crippen LogP contribution in [0, 0.1) is 13.8 Å². The highest BCUT2D eigenvalue weighted by molar-refractivity contribution is 7.98. The molecule has 3 aromatic rings. The number of nitrogens with zero attached hydrogens (tertiary/aromatic N) is 4. The third-order valence-corrected chi connectivity index (χ3v) is 4.26. The zero-order valence-corrected chi connectivity index (χ0v) is 14.1. The van der Waals surface area contributed by atoms with Gasteiger partial charge in [-0.25, -0.2) is 4.98 Å². The van der Waals surface area contributed by atoms with Gasteiger partial charge in [-0.2, -0.15) is 0 Å². The Balaban J connectivity index is 1.57. The van der Waals surface area contributed by atoms with E-state index in [1.165, 1.54) is 11.8 Å². The van der Waals surface area contributed by atoms with E-state index in [-0.39, 0.29) is 6.61 Å². The van der Waals surface area contributed by atoms with Crippen LogP contribution in [-0.4, -0.2) is 19.7 Å². The van der Waals surface area contributed by atoms with Gasteiger partial charge in [0.1, 0.15) is 5.75 Å². The summed E-state index contributed by atoms with van der Waals surface area (Å²) in [7, 11) is 1.96. The topological polar surface area (TPSA) is 66.0 Å². The highest BCUT2D eigenvalue weighted by Crippen LogP contribution is 2.23. The third-order valence-electron chi connectivity index (χ3n) is 3.40. The molecular formula is C16H18N4O2S. The molecule has 0 radical (unpaired) electrons. The van der Waals surface area contributed by atoms with E-state index in [1.807, 2.05) is 43.8 Å². The van der Waals surface area contributed by atoms with Gasteiger partial charge < -0.3 is 13.7 Å². The van der Waals surface area contributed by atoms with Crippen molar-refractivity contribution in [2.75, 3.05) is 0 Å². The number of rotatable bonds is 6. The summed E-state index contributed by atoms with van der Waals surface area (Å²) in [6.45, 7) is 4.31. The van der Waals surface area contributed by atoms with E-state index in [4.69, 9.17) is 9.15 Å². The molecule has 2 heterocycles. The summed E-state index contributed by atoms with van der Waals surface area (Å²) >= 11 is 1.48. The van der Waals surface area contributed by atoms with Crippen LogP contribution in [0.25, 0.3) is 0 Å². The standard InChI is InChI=1S/C16H18N4O2S/c1-11-4-5-12(2)14(6-11)21-8-15-18-19-16(22-15)23-9-13-7-17-10-20(13)3/h4-7,10H,8-9H2,1-3H3. The molecule has 0 fully saturated rings. The minimum absolute atomic E-state index is 0.267. The Bertz CT molecular complexity index is 797. The second kappa shape index (κ2) is 6.87. The van der Waals surface area contributed by atoms with Gasteiger partial charge in [-0.05, 0) is 31.0 Å². The van der Waals surface area contributed by atoms with Gasteiger partial charge in [-0.3, -0.25) is 0 Å². The van der Waals surface area contributed by atoms with Crippen molar-refractivity contribution in [1.82, 2.24) is 19.7 Å². The van der Waals surface area contributed by atoms with Crippen LogP contribution in [-0.2, 0) is 19.4 Å². The van der Waals surface area contributed by atoms with Crippen molar-refractivity contribution in [1.29, 1.82) is 0 Å². The smallest absolute Gasteiger partial charge is 0.277 e. The minimum Gasteiger partial charge on any atom is -0.484 e. The van der Waals surface area contributed by atoms with Crippen LogP contribution in [0.2, 0.25) is 0 Å². The normalized spacial score (nSPS) is 10.9. The highest BCUT2D eigenvalue weighted by atomic mass is 32.2. The minimum atomic E-state index is 0.267. The molecule has 0 atom stereocenters. The van der Waals surface area contributed by atoms with Crippen LogP contribution in [0.3, 0.4) is 0 Å². The lowest BCUT2D eigenvalue weighted by atomic mass is 10.1. The molecule has 23 heavy (non-hydrogen) atoms. The monoisotopic (exact) mass is 330 g/mol. The molecule has 0 aliphatic rings. The average molecular weight is 330 g/mol. The number of hydrogen-bond acceptors (Lipinski definition) is 6. The molecule has 1 aromatic carbocycles. The van der Waals surface area contributed by atoms with Crippen molar-refractivity contribution in [3.8, 4) is 5.75 Å². The van der Waals surface area contributed by atoms with Crippen LogP contribution in [0.15, 0.2) is 40.4 Å². The van der Waals surface area contributed by atoms with Crippen molar-refractivity contribution < 1.29 is 9.15 Å². The lowest BCUT2D eigenvalue weighted by Gasteiger charge is -2.07. The number of aromatic nitrogens is 4. The summed E-state index contributed by atoms with van der Waals surface area (Å²) in [5, 5.41) is 8.59. The Morgan fingerprint density at radius 1 is 1.26 bits per heavy atom. The van der Waals surface area contributed by atoms with Crippen LogP contribution in [0.4, 0.5) is 0 Å². The molecule has 0 aliphatic heterocycles. The molecule has 0 aliphatic carbocycles. The summed E-state index contributed by atoms with van der Waals surface area (Å²) in [4.78, 5) is 4.08. The van der Waals surface area contributed by atoms with Crippen molar-refractivity contribution in [2.45, 2.75) is 31.4 Å². The van der Waals surface area contributed by atoms with E-state index < -0.39 is 0 Å². The maximum absolute atomic E-state index is 5.77. The van der Waals surface area contributed by atoms with Gasteiger partial charge in [0.05, 0.1) is 6.33 Å². The summed E-state index contributed by atoms with van der Waals surface area (Å²) in [6.07, 6.45) is 3.60. The zero-order chi connectivity index (χ0) is 16.2. The first-order chi connectivity index (χ1) is 11.1. The molecule has 0 unspecified atom stereocenters. The van der Waals surface area contributed by atoms with Gasteiger partial charge in [0, 0.05) is 24.7 Å². The maximum atomic E-state index is 5.77. The first kappa shape index (κ1) is 15.6. The van der Waals surface area contributed by atoms with Crippen molar-refractivity contribution in [2.24, 2.45) is 7.05 Å². The number of aryl methyl sites for hydroxylation is 3. The Labute approximate surface area is 138 Å². The van der Waals surface area contributed by atoms with Gasteiger partial charge in [0.2, 0.25) is 0 Å². The fourth-order valence-electron chi connectivity index (χ4n) is 2.02. The number of thioether (sulfide) groups is 1. The molecule has 0 saturated carbocycles. The fourth-order valence-corrected chi connectivity index (χ4v) is 2.82. The van der Waals surface area contributed by atoms with Crippen molar-refractivity contribution in [3.63, 3.8) is 0 Å². The van der Waals surface area contributed by atoms with Crippen molar-refractivity contribution in [3.05, 3.63) is 53.4 Å². The fraction of sp³-hybridized carbons (Fsp3) is 0.312. The van der Waals surface area contributed by atoms with Gasteiger partial charge in [0.15, 0.2) is 6.61 Å². The van der Waals surface area contributed by atoms with Gasteiger partial charge in [0.25, 0.3) is 11.1 Å². The second-order valence-electron chi connectivity index (χ2n) is 5.30. The molecule has 120 valence electrons. The molecule has 0 amide bonds. The predicted octanol–water partition coefficient (Wildman–Crippen LogP) is 3.29. The number of imidazole rings is 1. The Kier molecular flexibility index (Phi) is 4.66. The molecule has 3 rings (SSSR count). The lowest BCUT2D eigenvalue weighted by Crippen LogP contribution is -1.97. The van der Waals surface area contributed by atoms with Gasteiger partial charge >= 0.3 is 0 Å². The lowest BCUT2D eigenvalue weighted by molar-refractivity contribution is 0.250. The Morgan fingerprint density at radius 2 is 2.13 bits per heavy atom. The van der Waals surface area contributed by atoms with Crippen LogP contribution in [0.1, 0.15) is 22.7 Å². The van der Waals surface area contributed by atoms with Gasteiger partial charge in [-0.15, -0.1) is 10.2 Å². The molecule has 7 heteroatoms. The van der Waals surface area contributed by atoms with E-state index in [0.29, 0.717) is 11.1 Å².